The molecule has 0 bridgehead atoms. The highest BCUT2D eigenvalue weighted by molar-refractivity contribution is 7.09. The second-order valence-corrected chi connectivity index (χ2v) is 5.61. The third kappa shape index (κ3) is 5.04. The summed E-state index contributed by atoms with van der Waals surface area (Å²) in [5.74, 6) is 0.754. The highest BCUT2D eigenvalue weighted by Crippen LogP contribution is 2.10. The number of ether oxygens (including phenoxy) is 1. The highest BCUT2D eigenvalue weighted by Gasteiger charge is 2.05. The van der Waals surface area contributed by atoms with E-state index in [4.69, 9.17) is 4.74 Å². The van der Waals surface area contributed by atoms with Crippen LogP contribution in [0, 0.1) is 6.92 Å². The van der Waals surface area contributed by atoms with Gasteiger partial charge in [-0.15, -0.1) is 11.3 Å². The van der Waals surface area contributed by atoms with Gasteiger partial charge < -0.3 is 9.64 Å². The molecular weight excluding hydrogens is 284 g/mol. The lowest BCUT2D eigenvalue weighted by molar-refractivity contribution is -0.125. The van der Waals surface area contributed by atoms with Crippen LogP contribution in [-0.4, -0.2) is 36.0 Å². The van der Waals surface area contributed by atoms with Crippen molar-refractivity contribution >= 4 is 23.3 Å². The lowest BCUT2D eigenvalue weighted by Gasteiger charge is -2.15. The van der Waals surface area contributed by atoms with Crippen LogP contribution in [0.1, 0.15) is 10.7 Å². The van der Waals surface area contributed by atoms with E-state index in [1.165, 1.54) is 6.08 Å². The number of amides is 1. The molecule has 0 unspecified atom stereocenters. The van der Waals surface area contributed by atoms with Gasteiger partial charge in [-0.2, -0.15) is 0 Å². The molecule has 0 atom stereocenters. The average molecular weight is 302 g/mol. The molecule has 110 valence electrons. The molecule has 1 aromatic carbocycles. The molecule has 0 saturated carbocycles. The summed E-state index contributed by atoms with van der Waals surface area (Å²) in [4.78, 5) is 17.8. The van der Waals surface area contributed by atoms with Gasteiger partial charge in [0.1, 0.15) is 12.4 Å². The van der Waals surface area contributed by atoms with Crippen LogP contribution in [0.3, 0.4) is 0 Å². The normalized spacial score (nSPS) is 10.8. The molecule has 4 nitrogen and oxygen atoms in total. The Balaban J connectivity index is 1.76. The minimum Gasteiger partial charge on any atom is -0.492 e. The van der Waals surface area contributed by atoms with E-state index >= 15 is 0 Å². The maximum absolute atomic E-state index is 11.9. The number of hydrogen-bond acceptors (Lipinski definition) is 4. The van der Waals surface area contributed by atoms with E-state index in [0.717, 1.165) is 16.5 Å². The van der Waals surface area contributed by atoms with Gasteiger partial charge >= 0.3 is 0 Å². The van der Waals surface area contributed by atoms with Gasteiger partial charge in [-0.25, -0.2) is 4.98 Å². The Bertz CT molecular complexity index is 608. The third-order valence-corrected chi connectivity index (χ3v) is 3.64. The van der Waals surface area contributed by atoms with E-state index in [1.807, 2.05) is 42.6 Å². The van der Waals surface area contributed by atoms with Crippen molar-refractivity contribution in [3.63, 3.8) is 0 Å². The summed E-state index contributed by atoms with van der Waals surface area (Å²) in [6.07, 6.45) is 3.28. The van der Waals surface area contributed by atoms with E-state index in [2.05, 4.69) is 4.98 Å². The van der Waals surface area contributed by atoms with Crippen LogP contribution in [-0.2, 0) is 4.79 Å². The number of carbonyl (C=O) groups excluding carboxylic acids is 1. The summed E-state index contributed by atoms with van der Waals surface area (Å²) in [5, 5.41) is 2.92. The summed E-state index contributed by atoms with van der Waals surface area (Å²) in [7, 11) is 1.76. The molecule has 5 heteroatoms. The Hall–Kier alpha value is -2.14. The molecule has 0 N–H and O–H groups in total. The molecular formula is C16H18N2O2S. The van der Waals surface area contributed by atoms with Gasteiger partial charge in [-0.3, -0.25) is 4.79 Å². The monoisotopic (exact) mass is 302 g/mol. The van der Waals surface area contributed by atoms with E-state index in [0.29, 0.717) is 13.2 Å². The zero-order chi connectivity index (χ0) is 15.1. The number of thiazole rings is 1. The van der Waals surface area contributed by atoms with E-state index in [1.54, 1.807) is 29.4 Å². The Kier molecular flexibility index (Phi) is 5.51. The van der Waals surface area contributed by atoms with Crippen LogP contribution in [0.2, 0.25) is 0 Å². The molecule has 1 aromatic heterocycles. The summed E-state index contributed by atoms with van der Waals surface area (Å²) >= 11 is 1.57. The Morgan fingerprint density at radius 2 is 2.14 bits per heavy atom. The van der Waals surface area contributed by atoms with Crippen molar-refractivity contribution in [3.8, 4) is 5.75 Å². The summed E-state index contributed by atoms with van der Waals surface area (Å²) in [6.45, 7) is 2.95. The fourth-order valence-electron chi connectivity index (χ4n) is 1.67. The van der Waals surface area contributed by atoms with Crippen molar-refractivity contribution in [2.24, 2.45) is 0 Å². The largest absolute Gasteiger partial charge is 0.492 e. The van der Waals surface area contributed by atoms with Crippen LogP contribution in [0.15, 0.2) is 41.8 Å². The number of carbonyl (C=O) groups is 1. The van der Waals surface area contributed by atoms with Crippen molar-refractivity contribution in [1.82, 2.24) is 9.88 Å². The van der Waals surface area contributed by atoms with Crippen molar-refractivity contribution in [2.45, 2.75) is 6.92 Å². The Morgan fingerprint density at radius 3 is 2.81 bits per heavy atom. The third-order valence-electron chi connectivity index (χ3n) is 2.85. The predicted molar refractivity (Wildman–Crippen MR) is 85.5 cm³/mol. The second-order valence-electron chi connectivity index (χ2n) is 4.55. The first kappa shape index (κ1) is 15.3. The topological polar surface area (TPSA) is 42.4 Å². The van der Waals surface area contributed by atoms with Crippen molar-refractivity contribution in [1.29, 1.82) is 0 Å². The molecule has 0 spiro atoms. The average Bonchev–Trinajstić information content (AvgIpc) is 2.91. The molecule has 0 saturated heterocycles. The molecule has 0 aliphatic carbocycles. The molecule has 0 aliphatic heterocycles. The number of para-hydroxylation sites is 1. The molecule has 2 aromatic rings. The first-order chi connectivity index (χ1) is 10.1. The summed E-state index contributed by atoms with van der Waals surface area (Å²) in [6, 6.07) is 9.57. The predicted octanol–water partition coefficient (Wildman–Crippen LogP) is 3.00. The van der Waals surface area contributed by atoms with Crippen LogP contribution in [0.5, 0.6) is 5.75 Å². The molecule has 0 radical (unpaired) electrons. The SMILES string of the molecule is Cc1nc(/C=C\C(=O)N(C)CCOc2ccccc2)cs1. The zero-order valence-corrected chi connectivity index (χ0v) is 13.0. The van der Waals surface area contributed by atoms with Crippen LogP contribution in [0.4, 0.5) is 0 Å². The number of aromatic nitrogens is 1. The molecule has 2 rings (SSSR count). The van der Waals surface area contributed by atoms with Gasteiger partial charge in [0.25, 0.3) is 0 Å². The number of benzene rings is 1. The van der Waals surface area contributed by atoms with E-state index in [9.17, 15) is 4.79 Å². The number of likely N-dealkylation sites (N-methyl/N-ethyl adjacent to an activating group) is 1. The van der Waals surface area contributed by atoms with Gasteiger partial charge in [0.15, 0.2) is 0 Å². The standard InChI is InChI=1S/C16H18N2O2S/c1-13-17-14(12-21-13)8-9-16(19)18(2)10-11-20-15-6-4-3-5-7-15/h3-9,12H,10-11H2,1-2H3/b9-8-. The maximum atomic E-state index is 11.9. The van der Waals surface area contributed by atoms with Gasteiger partial charge in [0.2, 0.25) is 5.91 Å². The summed E-state index contributed by atoms with van der Waals surface area (Å²) < 4.78 is 5.56. The Labute approximate surface area is 128 Å². The van der Waals surface area contributed by atoms with Crippen molar-refractivity contribution in [2.75, 3.05) is 20.2 Å². The van der Waals surface area contributed by atoms with Crippen LogP contribution < -0.4 is 4.74 Å². The van der Waals surface area contributed by atoms with Crippen LogP contribution >= 0.6 is 11.3 Å². The highest BCUT2D eigenvalue weighted by atomic mass is 32.1. The minimum absolute atomic E-state index is 0.0580. The van der Waals surface area contributed by atoms with Crippen molar-refractivity contribution < 1.29 is 9.53 Å². The molecule has 1 heterocycles. The first-order valence-electron chi connectivity index (χ1n) is 6.68. The van der Waals surface area contributed by atoms with Gasteiger partial charge in [0, 0.05) is 18.5 Å². The maximum Gasteiger partial charge on any atom is 0.246 e. The second kappa shape index (κ2) is 7.59. The number of hydrogen-bond donors (Lipinski definition) is 0. The van der Waals surface area contributed by atoms with Crippen molar-refractivity contribution in [3.05, 3.63) is 52.5 Å². The quantitative estimate of drug-likeness (QED) is 0.770. The lowest BCUT2D eigenvalue weighted by Crippen LogP contribution is -2.29. The van der Waals surface area contributed by atoms with Crippen LogP contribution in [0.25, 0.3) is 6.08 Å². The van der Waals surface area contributed by atoms with Gasteiger partial charge in [-0.1, -0.05) is 18.2 Å². The van der Waals surface area contributed by atoms with E-state index < -0.39 is 0 Å². The zero-order valence-electron chi connectivity index (χ0n) is 12.2. The molecule has 21 heavy (non-hydrogen) atoms. The fraction of sp³-hybridized carbons (Fsp3) is 0.250. The number of rotatable bonds is 6. The first-order valence-corrected chi connectivity index (χ1v) is 7.56. The smallest absolute Gasteiger partial charge is 0.246 e. The fourth-order valence-corrected chi connectivity index (χ4v) is 2.25. The molecule has 1 amide bonds. The van der Waals surface area contributed by atoms with Gasteiger partial charge in [0.05, 0.1) is 17.2 Å². The Morgan fingerprint density at radius 1 is 1.38 bits per heavy atom. The molecule has 0 aliphatic rings. The lowest BCUT2D eigenvalue weighted by atomic mass is 10.3. The van der Waals surface area contributed by atoms with E-state index in [-0.39, 0.29) is 5.91 Å². The molecule has 0 fully saturated rings. The summed E-state index contributed by atoms with van der Waals surface area (Å²) in [5.41, 5.74) is 0.819. The number of aryl methyl sites for hydroxylation is 1. The minimum atomic E-state index is -0.0580. The number of nitrogens with zero attached hydrogens (tertiary/aromatic N) is 2. The van der Waals surface area contributed by atoms with Gasteiger partial charge in [-0.05, 0) is 25.1 Å².